The summed E-state index contributed by atoms with van der Waals surface area (Å²) in [6.45, 7) is 9.73. The predicted molar refractivity (Wildman–Crippen MR) is 153 cm³/mol. The zero-order valence-electron chi connectivity index (χ0n) is 23.8. The van der Waals surface area contributed by atoms with Gasteiger partial charge in [0.2, 0.25) is 0 Å². The third-order valence-electron chi connectivity index (χ3n) is 6.31. The van der Waals surface area contributed by atoms with Crippen LogP contribution in [0.3, 0.4) is 0 Å². The van der Waals surface area contributed by atoms with E-state index in [1.807, 2.05) is 25.1 Å². The first-order valence-corrected chi connectivity index (χ1v) is 12.5. The molecule has 0 aliphatic heterocycles. The Hall–Kier alpha value is -4.06. The van der Waals surface area contributed by atoms with Crippen molar-refractivity contribution < 1.29 is 19.5 Å². The van der Waals surface area contributed by atoms with E-state index in [-0.39, 0.29) is 11.3 Å². The molecule has 3 aromatic rings. The van der Waals surface area contributed by atoms with Gasteiger partial charge in [0.25, 0.3) is 5.91 Å². The van der Waals surface area contributed by atoms with E-state index in [4.69, 9.17) is 21.2 Å². The third kappa shape index (κ3) is 6.51. The number of aliphatic hydroxyl groups excluding tert-OH is 1. The molecule has 1 unspecified atom stereocenters. The number of anilines is 2. The van der Waals surface area contributed by atoms with Crippen LogP contribution in [0.2, 0.25) is 0 Å². The Bertz CT molecular complexity index is 1370. The molecule has 0 aliphatic rings. The van der Waals surface area contributed by atoms with Crippen LogP contribution >= 0.6 is 0 Å². The SMILES string of the molecule is CNOc1cc(C(C)(C)C)cc(NC(=O)c2ccc(C)c(N(N)/C=C(\N)c3cnc(C(C)O)n3C)c2)c1OC. The molecule has 0 bridgehead atoms. The summed E-state index contributed by atoms with van der Waals surface area (Å²) in [4.78, 5) is 23.2. The van der Waals surface area contributed by atoms with E-state index in [1.54, 1.807) is 50.1 Å². The van der Waals surface area contributed by atoms with Gasteiger partial charge >= 0.3 is 0 Å². The highest BCUT2D eigenvalue weighted by Crippen LogP contribution is 2.40. The van der Waals surface area contributed by atoms with Crippen molar-refractivity contribution in [1.82, 2.24) is 15.0 Å². The van der Waals surface area contributed by atoms with Crippen LogP contribution in [-0.2, 0) is 12.5 Å². The Morgan fingerprint density at radius 2 is 1.95 bits per heavy atom. The average molecular weight is 538 g/mol. The highest BCUT2D eigenvalue weighted by atomic mass is 16.7. The maximum absolute atomic E-state index is 13.4. The Kier molecular flexibility index (Phi) is 8.90. The first kappa shape index (κ1) is 29.5. The average Bonchev–Trinajstić information content (AvgIpc) is 3.25. The number of hydrogen-bond donors (Lipinski definition) is 5. The molecular weight excluding hydrogens is 498 g/mol. The number of hydroxylamine groups is 1. The normalized spacial score (nSPS) is 12.7. The number of aromatic nitrogens is 2. The number of amides is 1. The highest BCUT2D eigenvalue weighted by molar-refractivity contribution is 6.06. The van der Waals surface area contributed by atoms with E-state index >= 15 is 0 Å². The summed E-state index contributed by atoms with van der Waals surface area (Å²) in [6.07, 6.45) is 2.37. The minimum atomic E-state index is -0.744. The van der Waals surface area contributed by atoms with Gasteiger partial charge in [-0.25, -0.2) is 10.8 Å². The molecule has 210 valence electrons. The van der Waals surface area contributed by atoms with E-state index < -0.39 is 6.10 Å². The Morgan fingerprint density at radius 1 is 1.26 bits per heavy atom. The van der Waals surface area contributed by atoms with Crippen molar-refractivity contribution >= 4 is 23.0 Å². The summed E-state index contributed by atoms with van der Waals surface area (Å²) in [5.41, 5.74) is 12.9. The second-order valence-electron chi connectivity index (χ2n) is 10.3. The van der Waals surface area contributed by atoms with Crippen LogP contribution < -0.4 is 37.0 Å². The molecule has 0 saturated carbocycles. The van der Waals surface area contributed by atoms with Crippen molar-refractivity contribution in [2.24, 2.45) is 18.6 Å². The Morgan fingerprint density at radius 3 is 2.51 bits per heavy atom. The van der Waals surface area contributed by atoms with E-state index in [0.717, 1.165) is 11.1 Å². The van der Waals surface area contributed by atoms with Gasteiger partial charge in [0.05, 0.1) is 36.1 Å². The third-order valence-corrected chi connectivity index (χ3v) is 6.31. The zero-order chi connectivity index (χ0) is 29.1. The van der Waals surface area contributed by atoms with Gasteiger partial charge in [-0.2, -0.15) is 5.48 Å². The van der Waals surface area contributed by atoms with E-state index in [2.05, 4.69) is 36.6 Å². The number of hydrazine groups is 1. The number of aliphatic hydroxyl groups is 1. The lowest BCUT2D eigenvalue weighted by Gasteiger charge is -2.23. The van der Waals surface area contributed by atoms with Crippen LogP contribution in [0.25, 0.3) is 5.70 Å². The smallest absolute Gasteiger partial charge is 0.255 e. The summed E-state index contributed by atoms with van der Waals surface area (Å²) in [7, 11) is 4.93. The zero-order valence-corrected chi connectivity index (χ0v) is 23.8. The van der Waals surface area contributed by atoms with E-state index in [1.165, 1.54) is 12.1 Å². The maximum atomic E-state index is 13.4. The minimum absolute atomic E-state index is 0.204. The molecule has 0 spiro atoms. The molecule has 0 aliphatic carbocycles. The number of nitrogens with one attached hydrogen (secondary N) is 2. The number of aryl methyl sites for hydroxylation is 1. The van der Waals surface area contributed by atoms with Crippen molar-refractivity contribution in [2.75, 3.05) is 24.5 Å². The molecule has 11 nitrogen and oxygen atoms in total. The van der Waals surface area contributed by atoms with Crippen LogP contribution in [0.15, 0.2) is 42.7 Å². The van der Waals surface area contributed by atoms with E-state index in [9.17, 15) is 9.90 Å². The molecule has 11 heteroatoms. The van der Waals surface area contributed by atoms with Crippen LogP contribution in [0.4, 0.5) is 11.4 Å². The van der Waals surface area contributed by atoms with Crippen molar-refractivity contribution in [3.05, 3.63) is 70.9 Å². The largest absolute Gasteiger partial charge is 0.491 e. The number of rotatable bonds is 9. The number of ether oxygens (including phenoxy) is 1. The van der Waals surface area contributed by atoms with Gasteiger partial charge in [-0.3, -0.25) is 9.80 Å². The van der Waals surface area contributed by atoms with E-state index in [0.29, 0.717) is 45.7 Å². The number of methoxy groups -OCH3 is 1. The van der Waals surface area contributed by atoms with Crippen LogP contribution in [0.1, 0.15) is 66.8 Å². The van der Waals surface area contributed by atoms with Gasteiger partial charge < -0.3 is 30.3 Å². The summed E-state index contributed by atoms with van der Waals surface area (Å²) < 4.78 is 7.27. The standard InChI is InChI=1S/C28H39N7O4/c1-16-9-10-18(11-22(16)35(30)15-20(29)23-14-32-26(17(2)36)34(23)7)27(37)33-21-12-19(28(3,4)5)13-24(39-31-6)25(21)38-8/h9-15,17,31,36H,29-30H2,1-8H3,(H,33,37)/b20-15-. The number of carbonyl (C=O) groups is 1. The summed E-state index contributed by atoms with van der Waals surface area (Å²) >= 11 is 0. The fourth-order valence-electron chi connectivity index (χ4n) is 4.11. The number of benzene rings is 2. The molecule has 2 aromatic carbocycles. The van der Waals surface area contributed by atoms with Crippen LogP contribution in [-0.4, -0.2) is 34.7 Å². The number of hydrogen-bond acceptors (Lipinski definition) is 9. The lowest BCUT2D eigenvalue weighted by Crippen LogP contribution is -2.27. The van der Waals surface area contributed by atoms with Crippen molar-refractivity contribution in [2.45, 2.75) is 46.1 Å². The number of nitrogens with two attached hydrogens (primary N) is 2. The summed E-state index contributed by atoms with van der Waals surface area (Å²) in [5, 5.41) is 14.2. The van der Waals surface area contributed by atoms with Gasteiger partial charge in [-0.05, 0) is 54.7 Å². The topological polar surface area (TPSA) is 153 Å². The van der Waals surface area contributed by atoms with Crippen LogP contribution in [0.5, 0.6) is 11.5 Å². The predicted octanol–water partition coefficient (Wildman–Crippen LogP) is 3.49. The monoisotopic (exact) mass is 537 g/mol. The first-order valence-electron chi connectivity index (χ1n) is 12.5. The molecule has 0 radical (unpaired) electrons. The molecule has 1 heterocycles. The number of imidazole rings is 1. The number of carbonyl (C=O) groups excluding carboxylic acids is 1. The molecule has 7 N–H and O–H groups in total. The minimum Gasteiger partial charge on any atom is -0.491 e. The van der Waals surface area contributed by atoms with Crippen molar-refractivity contribution in [1.29, 1.82) is 0 Å². The van der Waals surface area contributed by atoms with Gasteiger partial charge in [-0.15, -0.1) is 0 Å². The highest BCUT2D eigenvalue weighted by Gasteiger charge is 2.22. The van der Waals surface area contributed by atoms with Gasteiger partial charge in [0.1, 0.15) is 11.9 Å². The number of nitrogens with zero attached hydrogens (tertiary/aromatic N) is 3. The van der Waals surface area contributed by atoms with Crippen LogP contribution in [0, 0.1) is 6.92 Å². The fourth-order valence-corrected chi connectivity index (χ4v) is 4.11. The van der Waals surface area contributed by atoms with Gasteiger partial charge in [0, 0.05) is 25.9 Å². The second kappa shape index (κ2) is 11.8. The Balaban J connectivity index is 1.94. The molecular formula is C28H39N7O4. The summed E-state index contributed by atoms with van der Waals surface area (Å²) in [6, 6.07) is 8.97. The lowest BCUT2D eigenvalue weighted by molar-refractivity contribution is 0.102. The second-order valence-corrected chi connectivity index (χ2v) is 10.3. The molecule has 39 heavy (non-hydrogen) atoms. The van der Waals surface area contributed by atoms with Crippen molar-refractivity contribution in [3.8, 4) is 11.5 Å². The molecule has 1 aromatic heterocycles. The summed E-state index contributed by atoms with van der Waals surface area (Å²) in [5.74, 6) is 7.33. The quantitative estimate of drug-likeness (QED) is 0.204. The Labute approximate surface area is 229 Å². The lowest BCUT2D eigenvalue weighted by atomic mass is 9.86. The molecule has 0 saturated heterocycles. The molecule has 1 atom stereocenters. The first-order chi connectivity index (χ1) is 18.3. The maximum Gasteiger partial charge on any atom is 0.255 e. The van der Waals surface area contributed by atoms with Gasteiger partial charge in [0.15, 0.2) is 11.5 Å². The molecule has 0 fully saturated rings. The fraction of sp³-hybridized carbons (Fsp3) is 0.357. The molecule has 3 rings (SSSR count). The van der Waals surface area contributed by atoms with Crippen molar-refractivity contribution in [3.63, 3.8) is 0 Å². The molecule has 1 amide bonds. The van der Waals surface area contributed by atoms with Gasteiger partial charge in [-0.1, -0.05) is 26.8 Å².